The molecule has 1 aromatic rings. The van der Waals surface area contributed by atoms with Crippen molar-refractivity contribution in [2.75, 3.05) is 13.1 Å². The van der Waals surface area contributed by atoms with Crippen LogP contribution in [-0.2, 0) is 17.9 Å². The van der Waals surface area contributed by atoms with Gasteiger partial charge in [0.05, 0.1) is 6.54 Å². The highest BCUT2D eigenvalue weighted by atomic mass is 16.2. The molecule has 0 radical (unpaired) electrons. The smallest absolute Gasteiger partial charge is 0.222 e. The van der Waals surface area contributed by atoms with E-state index in [0.717, 1.165) is 38.3 Å². The second-order valence-electron chi connectivity index (χ2n) is 6.67. The van der Waals surface area contributed by atoms with Gasteiger partial charge in [0.2, 0.25) is 5.91 Å². The van der Waals surface area contributed by atoms with Gasteiger partial charge in [-0.3, -0.25) is 4.79 Å². The highest BCUT2D eigenvalue weighted by Crippen LogP contribution is 2.18. The van der Waals surface area contributed by atoms with E-state index in [2.05, 4.69) is 41.8 Å². The van der Waals surface area contributed by atoms with Gasteiger partial charge in [-0.1, -0.05) is 36.4 Å². The zero-order valence-corrected chi connectivity index (χ0v) is 15.0. The van der Waals surface area contributed by atoms with Crippen LogP contribution >= 0.6 is 0 Å². The largest absolute Gasteiger partial charge is 0.357 e. The van der Waals surface area contributed by atoms with Gasteiger partial charge in [-0.25, -0.2) is 4.99 Å². The van der Waals surface area contributed by atoms with Crippen LogP contribution in [0.3, 0.4) is 0 Å². The number of carbonyl (C=O) groups excluding carboxylic acids is 1. The van der Waals surface area contributed by atoms with Crippen LogP contribution in [0.15, 0.2) is 41.4 Å². The number of hydrogen-bond donors (Lipinski definition) is 2. The molecule has 3 rings (SSSR count). The first-order chi connectivity index (χ1) is 12.3. The van der Waals surface area contributed by atoms with E-state index in [-0.39, 0.29) is 5.91 Å². The van der Waals surface area contributed by atoms with E-state index in [4.69, 9.17) is 4.99 Å². The normalized spacial score (nSPS) is 18.2. The van der Waals surface area contributed by atoms with E-state index in [1.54, 1.807) is 0 Å². The molecule has 25 heavy (non-hydrogen) atoms. The maximum atomic E-state index is 11.9. The van der Waals surface area contributed by atoms with E-state index in [9.17, 15) is 4.79 Å². The summed E-state index contributed by atoms with van der Waals surface area (Å²) in [5, 5.41) is 6.82. The number of benzene rings is 1. The number of rotatable bonds is 6. The van der Waals surface area contributed by atoms with Crippen molar-refractivity contribution in [2.24, 2.45) is 4.99 Å². The standard InChI is InChI=1S/C20H28N4O/c1-2-21-20(23-18-10-5-6-11-18)22-14-16-8-3-4-9-17(16)15-24-13-7-12-19(24)25/h3-6,8-9,18H,2,7,10-15H2,1H3,(H2,21,22,23). The SMILES string of the molecule is CCNC(=NCc1ccccc1CN1CCCC1=O)NC1CC=CC1. The van der Waals surface area contributed by atoms with Crippen LogP contribution in [0.2, 0.25) is 0 Å². The number of likely N-dealkylation sites (tertiary alicyclic amines) is 1. The van der Waals surface area contributed by atoms with Gasteiger partial charge >= 0.3 is 0 Å². The summed E-state index contributed by atoms with van der Waals surface area (Å²) in [6.07, 6.45) is 8.19. The highest BCUT2D eigenvalue weighted by molar-refractivity contribution is 5.80. The van der Waals surface area contributed by atoms with Gasteiger partial charge in [-0.2, -0.15) is 0 Å². The number of hydrogen-bond acceptors (Lipinski definition) is 2. The number of aliphatic imine (C=N–C) groups is 1. The number of nitrogens with one attached hydrogen (secondary N) is 2. The lowest BCUT2D eigenvalue weighted by atomic mass is 10.1. The molecule has 1 aliphatic carbocycles. The Morgan fingerprint density at radius 2 is 2.00 bits per heavy atom. The maximum Gasteiger partial charge on any atom is 0.222 e. The lowest BCUT2D eigenvalue weighted by Gasteiger charge is -2.19. The molecule has 0 atom stereocenters. The Labute approximate surface area is 150 Å². The second kappa shape index (κ2) is 8.70. The van der Waals surface area contributed by atoms with E-state index in [1.807, 2.05) is 17.0 Å². The lowest BCUT2D eigenvalue weighted by molar-refractivity contribution is -0.128. The van der Waals surface area contributed by atoms with Crippen LogP contribution in [0.25, 0.3) is 0 Å². The summed E-state index contributed by atoms with van der Waals surface area (Å²) in [6.45, 7) is 5.11. The molecule has 5 nitrogen and oxygen atoms in total. The summed E-state index contributed by atoms with van der Waals surface area (Å²) in [5.74, 6) is 1.13. The van der Waals surface area contributed by atoms with Crippen LogP contribution in [0.1, 0.15) is 43.7 Å². The summed E-state index contributed by atoms with van der Waals surface area (Å²) >= 11 is 0. The third-order valence-electron chi connectivity index (χ3n) is 4.75. The van der Waals surface area contributed by atoms with Gasteiger partial charge in [0.25, 0.3) is 0 Å². The first-order valence-corrected chi connectivity index (χ1v) is 9.30. The van der Waals surface area contributed by atoms with Crippen LogP contribution in [0.4, 0.5) is 0 Å². The second-order valence-corrected chi connectivity index (χ2v) is 6.67. The molecule has 1 fully saturated rings. The van der Waals surface area contributed by atoms with Crippen LogP contribution in [0.5, 0.6) is 0 Å². The number of nitrogens with zero attached hydrogens (tertiary/aromatic N) is 2. The van der Waals surface area contributed by atoms with Crippen molar-refractivity contribution >= 4 is 11.9 Å². The monoisotopic (exact) mass is 340 g/mol. The first kappa shape index (κ1) is 17.5. The molecule has 0 unspecified atom stereocenters. The Bertz CT molecular complexity index is 645. The van der Waals surface area contributed by atoms with Gasteiger partial charge < -0.3 is 15.5 Å². The van der Waals surface area contributed by atoms with Crippen molar-refractivity contribution in [1.82, 2.24) is 15.5 Å². The summed E-state index contributed by atoms with van der Waals surface area (Å²) in [4.78, 5) is 18.6. The van der Waals surface area contributed by atoms with Crippen LogP contribution < -0.4 is 10.6 Å². The minimum atomic E-state index is 0.266. The number of carbonyl (C=O) groups is 1. The summed E-state index contributed by atoms with van der Waals surface area (Å²) in [7, 11) is 0. The quantitative estimate of drug-likeness (QED) is 0.475. The van der Waals surface area contributed by atoms with Crippen molar-refractivity contribution in [2.45, 2.75) is 51.7 Å². The van der Waals surface area contributed by atoms with Crippen molar-refractivity contribution in [3.8, 4) is 0 Å². The maximum absolute atomic E-state index is 11.9. The van der Waals surface area contributed by atoms with E-state index in [1.165, 1.54) is 11.1 Å². The van der Waals surface area contributed by atoms with Crippen molar-refractivity contribution in [3.05, 3.63) is 47.5 Å². The third kappa shape index (κ3) is 4.84. The Morgan fingerprint density at radius 1 is 1.24 bits per heavy atom. The topological polar surface area (TPSA) is 56.7 Å². The Kier molecular flexibility index (Phi) is 6.09. The van der Waals surface area contributed by atoms with E-state index < -0.39 is 0 Å². The summed E-state index contributed by atoms with van der Waals surface area (Å²) in [6, 6.07) is 8.74. The van der Waals surface area contributed by atoms with Gasteiger partial charge in [-0.15, -0.1) is 0 Å². The molecule has 2 aliphatic rings. The molecule has 0 spiro atoms. The molecule has 1 aliphatic heterocycles. The Balaban J connectivity index is 1.66. The van der Waals surface area contributed by atoms with E-state index >= 15 is 0 Å². The summed E-state index contributed by atoms with van der Waals surface area (Å²) in [5.41, 5.74) is 2.38. The molecule has 2 N–H and O–H groups in total. The zero-order valence-electron chi connectivity index (χ0n) is 15.0. The molecular formula is C20H28N4O. The fourth-order valence-corrected chi connectivity index (χ4v) is 3.36. The average molecular weight is 340 g/mol. The number of amides is 1. The van der Waals surface area contributed by atoms with Crippen molar-refractivity contribution in [3.63, 3.8) is 0 Å². The minimum absolute atomic E-state index is 0.266. The van der Waals surface area contributed by atoms with E-state index in [0.29, 0.717) is 25.6 Å². The molecule has 0 aromatic heterocycles. The summed E-state index contributed by atoms with van der Waals surface area (Å²) < 4.78 is 0. The van der Waals surface area contributed by atoms with Gasteiger partial charge in [-0.05, 0) is 37.3 Å². The first-order valence-electron chi connectivity index (χ1n) is 9.30. The zero-order chi connectivity index (χ0) is 17.5. The average Bonchev–Trinajstić information content (AvgIpc) is 3.26. The highest BCUT2D eigenvalue weighted by Gasteiger charge is 2.20. The fraction of sp³-hybridized carbons (Fsp3) is 0.500. The fourth-order valence-electron chi connectivity index (χ4n) is 3.36. The van der Waals surface area contributed by atoms with Crippen LogP contribution in [0, 0.1) is 0 Å². The predicted octanol–water partition coefficient (Wildman–Crippen LogP) is 2.58. The molecule has 0 saturated carbocycles. The van der Waals surface area contributed by atoms with Crippen molar-refractivity contribution < 1.29 is 4.79 Å². The van der Waals surface area contributed by atoms with Gasteiger partial charge in [0.1, 0.15) is 0 Å². The molecule has 1 heterocycles. The molecule has 1 saturated heterocycles. The molecule has 1 amide bonds. The van der Waals surface area contributed by atoms with Crippen LogP contribution in [-0.4, -0.2) is 35.9 Å². The molecular weight excluding hydrogens is 312 g/mol. The molecule has 134 valence electrons. The molecule has 1 aromatic carbocycles. The minimum Gasteiger partial charge on any atom is -0.357 e. The third-order valence-corrected chi connectivity index (χ3v) is 4.75. The Hall–Kier alpha value is -2.30. The van der Waals surface area contributed by atoms with Gasteiger partial charge in [0.15, 0.2) is 5.96 Å². The van der Waals surface area contributed by atoms with Gasteiger partial charge in [0, 0.05) is 32.1 Å². The predicted molar refractivity (Wildman–Crippen MR) is 101 cm³/mol. The Morgan fingerprint density at radius 3 is 2.68 bits per heavy atom. The number of guanidine groups is 1. The molecule has 0 bridgehead atoms. The van der Waals surface area contributed by atoms with Crippen molar-refractivity contribution in [1.29, 1.82) is 0 Å². The lowest BCUT2D eigenvalue weighted by Crippen LogP contribution is -2.42. The molecule has 5 heteroatoms.